The van der Waals surface area contributed by atoms with Gasteiger partial charge in [-0.1, -0.05) is 48.5 Å². The lowest BCUT2D eigenvalue weighted by Gasteiger charge is -2.28. The molecule has 1 amide bonds. The smallest absolute Gasteiger partial charge is 0.229 e. The largest absolute Gasteiger partial charge is 0.506 e. The van der Waals surface area contributed by atoms with Crippen molar-refractivity contribution in [3.63, 3.8) is 0 Å². The minimum atomic E-state index is -3.58. The summed E-state index contributed by atoms with van der Waals surface area (Å²) in [6.45, 7) is 7.11. The Morgan fingerprint density at radius 3 is 2.48 bits per heavy atom. The van der Waals surface area contributed by atoms with Crippen LogP contribution >= 0.6 is 0 Å². The Bertz CT molecular complexity index is 1410. The Hall–Kier alpha value is -3.60. The maximum Gasteiger partial charge on any atom is 0.229 e. The molecule has 0 bridgehead atoms. The van der Waals surface area contributed by atoms with Gasteiger partial charge in [0, 0.05) is 24.2 Å². The second kappa shape index (κ2) is 13.6. The van der Waals surface area contributed by atoms with Crippen LogP contribution in [0.25, 0.3) is 0 Å². The van der Waals surface area contributed by atoms with Crippen LogP contribution in [0.3, 0.4) is 0 Å². The molecule has 0 aromatic heterocycles. The SMILES string of the molecule is CCOc1ccccc1CNC(=O)Cc1cccc(CC(C)(C)NC[C@@H](O)c2ccc(O)c(NS(C)(=O)=O)c2)c1. The van der Waals surface area contributed by atoms with Crippen molar-refractivity contribution in [2.75, 3.05) is 24.1 Å². The fraction of sp³-hybridized carbons (Fsp3) is 0.367. The topological polar surface area (TPSA) is 137 Å². The van der Waals surface area contributed by atoms with Gasteiger partial charge in [-0.2, -0.15) is 0 Å². The molecule has 3 aromatic carbocycles. The lowest BCUT2D eigenvalue weighted by Crippen LogP contribution is -2.43. The lowest BCUT2D eigenvalue weighted by molar-refractivity contribution is -0.120. The third kappa shape index (κ3) is 9.86. The van der Waals surface area contributed by atoms with E-state index in [-0.39, 0.29) is 30.3 Å². The number of aliphatic hydroxyl groups is 1. The van der Waals surface area contributed by atoms with Gasteiger partial charge < -0.3 is 25.6 Å². The molecule has 0 saturated carbocycles. The number of hydrogen-bond acceptors (Lipinski definition) is 7. The van der Waals surface area contributed by atoms with E-state index in [1.807, 2.05) is 69.3 Å². The number of rotatable bonds is 14. The minimum absolute atomic E-state index is 0.0117. The molecule has 0 aliphatic rings. The van der Waals surface area contributed by atoms with Crippen molar-refractivity contribution in [2.24, 2.45) is 0 Å². The summed E-state index contributed by atoms with van der Waals surface area (Å²) >= 11 is 0. The first kappa shape index (κ1) is 30.9. The monoisotopic (exact) mass is 569 g/mol. The third-order valence-corrected chi connectivity index (χ3v) is 6.82. The number of hydrogen-bond donors (Lipinski definition) is 5. The van der Waals surface area contributed by atoms with Gasteiger partial charge in [0.1, 0.15) is 11.5 Å². The van der Waals surface area contributed by atoms with Crippen molar-refractivity contribution >= 4 is 21.6 Å². The summed E-state index contributed by atoms with van der Waals surface area (Å²) in [4.78, 5) is 12.6. The molecule has 3 aromatic rings. The van der Waals surface area contributed by atoms with Crippen molar-refractivity contribution in [1.29, 1.82) is 0 Å². The van der Waals surface area contributed by atoms with E-state index < -0.39 is 21.7 Å². The number of ether oxygens (including phenoxy) is 1. The number of aromatic hydroxyl groups is 1. The molecule has 10 heteroatoms. The van der Waals surface area contributed by atoms with E-state index in [0.29, 0.717) is 25.1 Å². The third-order valence-electron chi connectivity index (χ3n) is 6.23. The second-order valence-corrected chi connectivity index (χ2v) is 12.2. The number of sulfonamides is 1. The number of amides is 1. The maximum absolute atomic E-state index is 12.6. The molecule has 9 nitrogen and oxygen atoms in total. The zero-order valence-electron chi connectivity index (χ0n) is 23.4. The normalized spacial score (nSPS) is 12.5. The van der Waals surface area contributed by atoms with Gasteiger partial charge in [0.15, 0.2) is 0 Å². The van der Waals surface area contributed by atoms with Crippen LogP contribution in [0.15, 0.2) is 66.7 Å². The molecule has 0 spiro atoms. The molecule has 40 heavy (non-hydrogen) atoms. The van der Waals surface area contributed by atoms with Gasteiger partial charge >= 0.3 is 0 Å². The first-order chi connectivity index (χ1) is 18.8. The fourth-order valence-electron chi connectivity index (χ4n) is 4.34. The second-order valence-electron chi connectivity index (χ2n) is 10.4. The van der Waals surface area contributed by atoms with E-state index >= 15 is 0 Å². The highest BCUT2D eigenvalue weighted by Gasteiger charge is 2.21. The molecular formula is C30H39N3O6S. The van der Waals surface area contributed by atoms with Crippen LogP contribution in [0.4, 0.5) is 5.69 Å². The van der Waals surface area contributed by atoms with E-state index in [0.717, 1.165) is 28.7 Å². The summed E-state index contributed by atoms with van der Waals surface area (Å²) in [6, 6.07) is 19.8. The minimum Gasteiger partial charge on any atom is -0.506 e. The first-order valence-corrected chi connectivity index (χ1v) is 15.0. The summed E-state index contributed by atoms with van der Waals surface area (Å²) in [5.74, 6) is 0.463. The highest BCUT2D eigenvalue weighted by molar-refractivity contribution is 7.92. The van der Waals surface area contributed by atoms with Crippen LogP contribution in [0.5, 0.6) is 11.5 Å². The Labute approximate surface area is 236 Å². The Kier molecular flexibility index (Phi) is 10.6. The number of phenolic OH excluding ortho intramolecular Hbond substituents is 1. The zero-order chi connectivity index (χ0) is 29.3. The van der Waals surface area contributed by atoms with Crippen molar-refractivity contribution < 1.29 is 28.2 Å². The lowest BCUT2D eigenvalue weighted by atomic mass is 9.93. The number of β-amino-alcohol motifs (C(OH)–C–C–N with tert-alkyl or cyclic N) is 1. The quantitative estimate of drug-likeness (QED) is 0.187. The van der Waals surface area contributed by atoms with E-state index in [2.05, 4.69) is 15.4 Å². The molecule has 216 valence electrons. The molecule has 0 aliphatic carbocycles. The van der Waals surface area contributed by atoms with Crippen LogP contribution < -0.4 is 20.1 Å². The Morgan fingerprint density at radius 1 is 1.02 bits per heavy atom. The molecule has 5 N–H and O–H groups in total. The van der Waals surface area contributed by atoms with Gasteiger partial charge in [0.05, 0.1) is 31.1 Å². The summed E-state index contributed by atoms with van der Waals surface area (Å²) in [5, 5.41) is 27.0. The van der Waals surface area contributed by atoms with Gasteiger partial charge in [0.2, 0.25) is 15.9 Å². The van der Waals surface area contributed by atoms with Gasteiger partial charge in [-0.25, -0.2) is 8.42 Å². The Morgan fingerprint density at radius 2 is 1.75 bits per heavy atom. The molecule has 0 heterocycles. The summed E-state index contributed by atoms with van der Waals surface area (Å²) in [6.07, 6.45) is 0.961. The van der Waals surface area contributed by atoms with Gasteiger partial charge in [-0.15, -0.1) is 0 Å². The van der Waals surface area contributed by atoms with E-state index in [1.165, 1.54) is 12.1 Å². The van der Waals surface area contributed by atoms with Crippen molar-refractivity contribution in [3.05, 3.63) is 89.0 Å². The van der Waals surface area contributed by atoms with Crippen LogP contribution in [-0.4, -0.2) is 49.5 Å². The van der Waals surface area contributed by atoms with Gasteiger partial charge in [-0.05, 0) is 62.1 Å². The number of anilines is 1. The van der Waals surface area contributed by atoms with E-state index in [1.54, 1.807) is 6.07 Å². The number of phenols is 1. The van der Waals surface area contributed by atoms with Crippen molar-refractivity contribution in [1.82, 2.24) is 10.6 Å². The predicted molar refractivity (Wildman–Crippen MR) is 157 cm³/mol. The number of aliphatic hydroxyl groups excluding tert-OH is 1. The van der Waals surface area contributed by atoms with Crippen LogP contribution in [0, 0.1) is 0 Å². The standard InChI is InChI=1S/C30H39N3O6S/c1-5-39-28-12-7-6-11-24(28)19-31-29(36)16-21-9-8-10-22(15-21)18-30(2,3)32-20-27(35)23-13-14-26(34)25(17-23)33-40(4,37)38/h6-15,17,27,32-35H,5,16,18-20H2,1-4H3,(H,31,36)/t27-/m1/s1. The number of nitrogens with one attached hydrogen (secondary N) is 3. The van der Waals surface area contributed by atoms with Gasteiger partial charge in [0.25, 0.3) is 0 Å². The van der Waals surface area contributed by atoms with Crippen LogP contribution in [0.2, 0.25) is 0 Å². The zero-order valence-corrected chi connectivity index (χ0v) is 24.2. The summed E-state index contributed by atoms with van der Waals surface area (Å²) in [5.41, 5.74) is 2.95. The summed E-state index contributed by atoms with van der Waals surface area (Å²) in [7, 11) is -3.58. The predicted octanol–water partition coefficient (Wildman–Crippen LogP) is 3.67. The average molecular weight is 570 g/mol. The maximum atomic E-state index is 12.6. The fourth-order valence-corrected chi connectivity index (χ4v) is 4.91. The average Bonchev–Trinajstić information content (AvgIpc) is 2.87. The highest BCUT2D eigenvalue weighted by atomic mass is 32.2. The number of para-hydroxylation sites is 1. The Balaban J connectivity index is 1.55. The van der Waals surface area contributed by atoms with E-state index in [9.17, 15) is 23.4 Å². The number of benzene rings is 3. The molecule has 0 saturated heterocycles. The molecule has 3 rings (SSSR count). The van der Waals surface area contributed by atoms with Crippen molar-refractivity contribution in [3.8, 4) is 11.5 Å². The van der Waals surface area contributed by atoms with Crippen LogP contribution in [0.1, 0.15) is 49.1 Å². The van der Waals surface area contributed by atoms with Crippen LogP contribution in [-0.2, 0) is 34.2 Å². The molecule has 0 aliphatic heterocycles. The molecule has 0 unspecified atom stereocenters. The first-order valence-electron chi connectivity index (χ1n) is 13.1. The number of carbonyl (C=O) groups is 1. The molecule has 0 radical (unpaired) electrons. The molecule has 0 fully saturated rings. The molecular weight excluding hydrogens is 530 g/mol. The van der Waals surface area contributed by atoms with Crippen molar-refractivity contribution in [2.45, 2.75) is 51.8 Å². The number of carbonyl (C=O) groups excluding carboxylic acids is 1. The van der Waals surface area contributed by atoms with Gasteiger partial charge in [-0.3, -0.25) is 9.52 Å². The summed E-state index contributed by atoms with van der Waals surface area (Å²) < 4.78 is 31.0. The van der Waals surface area contributed by atoms with E-state index in [4.69, 9.17) is 4.74 Å². The molecule has 1 atom stereocenters. The highest BCUT2D eigenvalue weighted by Crippen LogP contribution is 2.28.